The van der Waals surface area contributed by atoms with Gasteiger partial charge in [-0.1, -0.05) is 43.8 Å². The summed E-state index contributed by atoms with van der Waals surface area (Å²) in [7, 11) is 0. The maximum Gasteiger partial charge on any atom is 0.129 e. The number of allylic oxidation sites excluding steroid dienone is 3. The van der Waals surface area contributed by atoms with E-state index in [0.717, 1.165) is 27.9 Å². The van der Waals surface area contributed by atoms with Gasteiger partial charge in [0.2, 0.25) is 0 Å². The van der Waals surface area contributed by atoms with Crippen molar-refractivity contribution in [3.63, 3.8) is 0 Å². The van der Waals surface area contributed by atoms with Crippen molar-refractivity contribution >= 4 is 22.6 Å². The average molecular weight is 413 g/mol. The van der Waals surface area contributed by atoms with E-state index in [1.54, 1.807) is 0 Å². The minimum Gasteiger partial charge on any atom is -0.488 e. The van der Waals surface area contributed by atoms with Crippen molar-refractivity contribution in [2.45, 2.75) is 26.0 Å². The summed E-state index contributed by atoms with van der Waals surface area (Å²) in [6.07, 6.45) is 4.60. The Hall–Kier alpha value is -1.14. The van der Waals surface area contributed by atoms with E-state index in [0.29, 0.717) is 18.6 Å². The molecule has 1 N–H and O–H groups in total. The van der Waals surface area contributed by atoms with E-state index >= 15 is 0 Å². The van der Waals surface area contributed by atoms with Gasteiger partial charge in [0.1, 0.15) is 18.2 Å². The minimum absolute atomic E-state index is 0.455. The quantitative estimate of drug-likeness (QED) is 0.373. The molecule has 0 spiro atoms. The van der Waals surface area contributed by atoms with Gasteiger partial charge in [-0.3, -0.25) is 0 Å². The van der Waals surface area contributed by atoms with Crippen LogP contribution in [0.15, 0.2) is 64.2 Å². The van der Waals surface area contributed by atoms with E-state index in [2.05, 4.69) is 47.5 Å². The number of ether oxygens (including phenoxy) is 1. The van der Waals surface area contributed by atoms with Gasteiger partial charge in [0.15, 0.2) is 0 Å². The Morgan fingerprint density at radius 3 is 2.82 bits per heavy atom. The molecule has 2 rings (SSSR count). The molecule has 2 nitrogen and oxygen atoms in total. The Morgan fingerprint density at radius 2 is 2.18 bits per heavy atom. The van der Waals surface area contributed by atoms with Crippen molar-refractivity contribution in [2.24, 2.45) is 5.92 Å². The van der Waals surface area contributed by atoms with Crippen LogP contribution in [-0.4, -0.2) is 12.6 Å². The van der Waals surface area contributed by atoms with Crippen LogP contribution in [0, 0.1) is 5.92 Å². The van der Waals surface area contributed by atoms with E-state index in [-0.39, 0.29) is 0 Å². The van der Waals surface area contributed by atoms with E-state index in [9.17, 15) is 4.39 Å². The van der Waals surface area contributed by atoms with Gasteiger partial charge in [0.25, 0.3) is 0 Å². The van der Waals surface area contributed by atoms with E-state index in [1.165, 1.54) is 6.08 Å². The lowest BCUT2D eigenvalue weighted by atomic mass is 10.2. The van der Waals surface area contributed by atoms with Gasteiger partial charge in [-0.2, -0.15) is 0 Å². The molecule has 0 aliphatic heterocycles. The molecule has 1 saturated carbocycles. The first-order chi connectivity index (χ1) is 10.6. The number of nitrogens with one attached hydrogen (secondary N) is 1. The van der Waals surface area contributed by atoms with Gasteiger partial charge in [-0.25, -0.2) is 4.39 Å². The summed E-state index contributed by atoms with van der Waals surface area (Å²) in [6.45, 7) is 6.83. The summed E-state index contributed by atoms with van der Waals surface area (Å²) in [5.41, 5.74) is 1.09. The Balaban J connectivity index is 2.05. The Labute approximate surface area is 145 Å². The molecule has 2 atom stereocenters. The average Bonchev–Trinajstić information content (AvgIpc) is 3.22. The summed E-state index contributed by atoms with van der Waals surface area (Å²) in [6, 6.07) is 10.5. The third-order valence-corrected chi connectivity index (χ3v) is 4.27. The Morgan fingerprint density at radius 1 is 1.45 bits per heavy atom. The second-order valence-corrected chi connectivity index (χ2v) is 6.47. The highest BCUT2D eigenvalue weighted by atomic mass is 127. The van der Waals surface area contributed by atoms with Crippen molar-refractivity contribution in [3.05, 3.63) is 69.8 Å². The molecule has 0 amide bonds. The minimum atomic E-state index is -0.461. The molecule has 22 heavy (non-hydrogen) atoms. The van der Waals surface area contributed by atoms with Crippen molar-refractivity contribution in [1.29, 1.82) is 0 Å². The molecule has 1 aromatic carbocycles. The third kappa shape index (κ3) is 5.57. The van der Waals surface area contributed by atoms with Crippen LogP contribution in [0.25, 0.3) is 0 Å². The predicted octanol–water partition coefficient (Wildman–Crippen LogP) is 4.89. The summed E-state index contributed by atoms with van der Waals surface area (Å²) in [5, 5.41) is 3.41. The summed E-state index contributed by atoms with van der Waals surface area (Å²) >= 11 is 2.10. The fraction of sp³-hybridized carbons (Fsp3) is 0.333. The number of rotatable bonds is 8. The standard InChI is InChI=1S/C18H21FINO/c1-3-21-17-10-15(17)11-18(16(20)9-13(2)19)22-12-14-7-5-4-6-8-14/h4-9,11,15,17,21H,2-3,10,12H2,1H3/b16-9+,18-11-. The number of hydrogen-bond donors (Lipinski definition) is 1. The molecule has 1 aromatic rings. The highest BCUT2D eigenvalue weighted by Gasteiger charge is 2.35. The van der Waals surface area contributed by atoms with Gasteiger partial charge in [0, 0.05) is 6.04 Å². The molecule has 0 bridgehead atoms. The van der Waals surface area contributed by atoms with Crippen LogP contribution in [0.2, 0.25) is 0 Å². The fourth-order valence-electron chi connectivity index (χ4n) is 2.23. The molecule has 4 heteroatoms. The van der Waals surface area contributed by atoms with Crippen LogP contribution in [0.4, 0.5) is 4.39 Å². The van der Waals surface area contributed by atoms with Crippen molar-refractivity contribution < 1.29 is 9.13 Å². The molecule has 0 heterocycles. The predicted molar refractivity (Wildman–Crippen MR) is 97.2 cm³/mol. The van der Waals surface area contributed by atoms with Crippen molar-refractivity contribution in [2.75, 3.05) is 6.54 Å². The normalized spacial score (nSPS) is 21.6. The summed E-state index contributed by atoms with van der Waals surface area (Å²) in [5.74, 6) is 0.725. The largest absolute Gasteiger partial charge is 0.488 e. The van der Waals surface area contributed by atoms with Crippen LogP contribution in [0.1, 0.15) is 18.9 Å². The zero-order valence-corrected chi connectivity index (χ0v) is 14.8. The maximum absolute atomic E-state index is 13.1. The maximum atomic E-state index is 13.1. The van der Waals surface area contributed by atoms with Gasteiger partial charge in [0.05, 0.1) is 3.58 Å². The summed E-state index contributed by atoms with van der Waals surface area (Å²) < 4.78 is 19.7. The Kier molecular flexibility index (Phi) is 6.64. The molecule has 0 aromatic heterocycles. The van der Waals surface area contributed by atoms with Crippen LogP contribution in [0.5, 0.6) is 0 Å². The number of benzene rings is 1. The topological polar surface area (TPSA) is 21.3 Å². The smallest absolute Gasteiger partial charge is 0.129 e. The summed E-state index contributed by atoms with van der Waals surface area (Å²) in [4.78, 5) is 0. The monoisotopic (exact) mass is 413 g/mol. The molecular weight excluding hydrogens is 392 g/mol. The second-order valence-electron chi connectivity index (χ2n) is 5.31. The lowest BCUT2D eigenvalue weighted by Gasteiger charge is -2.11. The van der Waals surface area contributed by atoms with Gasteiger partial charge >= 0.3 is 0 Å². The van der Waals surface area contributed by atoms with E-state index in [1.807, 2.05) is 30.3 Å². The van der Waals surface area contributed by atoms with Crippen molar-refractivity contribution in [1.82, 2.24) is 5.32 Å². The lowest BCUT2D eigenvalue weighted by molar-refractivity contribution is 0.209. The highest BCUT2D eigenvalue weighted by Crippen LogP contribution is 2.35. The van der Waals surface area contributed by atoms with Gasteiger partial charge in [-0.05, 0) is 59.2 Å². The van der Waals surface area contributed by atoms with Crippen LogP contribution in [-0.2, 0) is 11.3 Å². The van der Waals surface area contributed by atoms with Crippen LogP contribution >= 0.6 is 22.6 Å². The molecule has 118 valence electrons. The molecule has 1 fully saturated rings. The number of hydrogen-bond acceptors (Lipinski definition) is 2. The third-order valence-electron chi connectivity index (χ3n) is 3.43. The SMILES string of the molecule is C=C(F)/C=C(I)\C(=C\C1CC1NCC)OCc1ccccc1. The molecular formula is C18H21FINO. The molecule has 1 aliphatic carbocycles. The van der Waals surface area contributed by atoms with Crippen molar-refractivity contribution in [3.8, 4) is 0 Å². The molecule has 1 aliphatic rings. The first-order valence-corrected chi connectivity index (χ1v) is 8.52. The van der Waals surface area contributed by atoms with Crippen LogP contribution < -0.4 is 5.32 Å². The molecule has 0 radical (unpaired) electrons. The second kappa shape index (κ2) is 8.48. The lowest BCUT2D eigenvalue weighted by Crippen LogP contribution is -2.16. The van der Waals surface area contributed by atoms with E-state index in [4.69, 9.17) is 4.74 Å². The zero-order valence-electron chi connectivity index (χ0n) is 12.7. The van der Waals surface area contributed by atoms with E-state index < -0.39 is 5.83 Å². The molecule has 0 saturated heterocycles. The molecule has 2 unspecified atom stereocenters. The highest BCUT2D eigenvalue weighted by molar-refractivity contribution is 14.1. The zero-order chi connectivity index (χ0) is 15.9. The first-order valence-electron chi connectivity index (χ1n) is 7.44. The Bertz CT molecular complexity index is 568. The number of halogens is 2. The van der Waals surface area contributed by atoms with Gasteiger partial charge in [-0.15, -0.1) is 0 Å². The fourth-order valence-corrected chi connectivity index (χ4v) is 2.90. The van der Waals surface area contributed by atoms with Gasteiger partial charge < -0.3 is 10.1 Å². The van der Waals surface area contributed by atoms with Crippen LogP contribution in [0.3, 0.4) is 0 Å². The first kappa shape index (κ1) is 17.2.